The number of carbonyl (C=O) groups excluding carboxylic acids is 1. The standard InChI is InChI=1S/C18H19BrN6O3/c1-4-23-10-15(25(27)28)17(22-23)18(26)20-14-7-5-6-13(8-14)9-24-12(3)16(19)11(2)21-24/h5-8,10H,4,9H2,1-3H3,(H,20,26). The molecule has 2 heterocycles. The van der Waals surface area contributed by atoms with Gasteiger partial charge in [0.15, 0.2) is 0 Å². The summed E-state index contributed by atoms with van der Waals surface area (Å²) in [6.45, 7) is 6.65. The highest BCUT2D eigenvalue weighted by molar-refractivity contribution is 9.10. The van der Waals surface area contributed by atoms with Crippen molar-refractivity contribution in [2.75, 3.05) is 5.32 Å². The normalized spacial score (nSPS) is 10.9. The van der Waals surface area contributed by atoms with Crippen LogP contribution in [0.5, 0.6) is 0 Å². The topological polar surface area (TPSA) is 108 Å². The van der Waals surface area contributed by atoms with Crippen molar-refractivity contribution in [1.82, 2.24) is 19.6 Å². The second kappa shape index (κ2) is 7.93. The largest absolute Gasteiger partial charge is 0.320 e. The number of aryl methyl sites for hydroxylation is 2. The van der Waals surface area contributed by atoms with Crippen LogP contribution in [0.15, 0.2) is 34.9 Å². The lowest BCUT2D eigenvalue weighted by atomic mass is 10.2. The molecule has 3 aromatic rings. The first kappa shape index (κ1) is 19.7. The van der Waals surface area contributed by atoms with Crippen LogP contribution >= 0.6 is 15.9 Å². The number of halogens is 1. The highest BCUT2D eigenvalue weighted by Gasteiger charge is 2.25. The molecular formula is C18H19BrN6O3. The van der Waals surface area contributed by atoms with E-state index >= 15 is 0 Å². The van der Waals surface area contributed by atoms with Gasteiger partial charge in [-0.2, -0.15) is 10.2 Å². The SMILES string of the molecule is CCn1cc([N+](=O)[O-])c(C(=O)Nc2cccc(Cn3nc(C)c(Br)c3C)c2)n1. The van der Waals surface area contributed by atoms with Crippen molar-refractivity contribution in [2.45, 2.75) is 33.9 Å². The summed E-state index contributed by atoms with van der Waals surface area (Å²) in [6.07, 6.45) is 1.26. The average molecular weight is 447 g/mol. The van der Waals surface area contributed by atoms with Gasteiger partial charge in [-0.25, -0.2) is 0 Å². The van der Waals surface area contributed by atoms with E-state index in [1.807, 2.05) is 36.7 Å². The monoisotopic (exact) mass is 446 g/mol. The maximum Gasteiger partial charge on any atom is 0.320 e. The summed E-state index contributed by atoms with van der Waals surface area (Å²) in [6, 6.07) is 7.27. The van der Waals surface area contributed by atoms with Crippen LogP contribution in [-0.4, -0.2) is 30.4 Å². The molecule has 0 aliphatic rings. The number of aromatic nitrogens is 4. The van der Waals surface area contributed by atoms with Gasteiger partial charge < -0.3 is 5.32 Å². The van der Waals surface area contributed by atoms with E-state index in [9.17, 15) is 14.9 Å². The van der Waals surface area contributed by atoms with Gasteiger partial charge in [0.05, 0.1) is 27.3 Å². The predicted octanol–water partition coefficient (Wildman–Crippen LogP) is 3.69. The molecule has 0 spiro atoms. The van der Waals surface area contributed by atoms with Crippen LogP contribution in [0.1, 0.15) is 34.4 Å². The van der Waals surface area contributed by atoms with Crippen LogP contribution in [0.3, 0.4) is 0 Å². The summed E-state index contributed by atoms with van der Waals surface area (Å²) in [7, 11) is 0. The highest BCUT2D eigenvalue weighted by Crippen LogP contribution is 2.22. The second-order valence-corrected chi connectivity index (χ2v) is 7.07. The van der Waals surface area contributed by atoms with Crippen LogP contribution in [-0.2, 0) is 13.1 Å². The molecule has 2 aromatic heterocycles. The number of carbonyl (C=O) groups is 1. The molecule has 1 N–H and O–H groups in total. The Morgan fingerprint density at radius 1 is 1.32 bits per heavy atom. The molecule has 146 valence electrons. The van der Waals surface area contributed by atoms with Gasteiger partial charge in [0.25, 0.3) is 5.91 Å². The molecule has 0 saturated heterocycles. The zero-order chi connectivity index (χ0) is 20.4. The maximum atomic E-state index is 12.5. The molecule has 0 unspecified atom stereocenters. The Bertz CT molecular complexity index is 1060. The smallest absolute Gasteiger partial charge is 0.320 e. The van der Waals surface area contributed by atoms with Crippen molar-refractivity contribution >= 4 is 33.2 Å². The van der Waals surface area contributed by atoms with Gasteiger partial charge in [0.1, 0.15) is 6.20 Å². The molecule has 0 aliphatic heterocycles. The Balaban J connectivity index is 1.81. The lowest BCUT2D eigenvalue weighted by Gasteiger charge is -2.08. The van der Waals surface area contributed by atoms with Gasteiger partial charge in [-0.15, -0.1) is 0 Å². The number of hydrogen-bond acceptors (Lipinski definition) is 5. The van der Waals surface area contributed by atoms with E-state index in [4.69, 9.17) is 0 Å². The molecule has 10 heteroatoms. The van der Waals surface area contributed by atoms with Crippen molar-refractivity contribution in [3.05, 3.63) is 67.7 Å². The van der Waals surface area contributed by atoms with Gasteiger partial charge in [-0.05, 0) is 54.4 Å². The molecule has 1 amide bonds. The van der Waals surface area contributed by atoms with Gasteiger partial charge in [-0.1, -0.05) is 12.1 Å². The maximum absolute atomic E-state index is 12.5. The molecule has 9 nitrogen and oxygen atoms in total. The van der Waals surface area contributed by atoms with Crippen LogP contribution in [0.4, 0.5) is 11.4 Å². The molecule has 1 aromatic carbocycles. The Kier molecular flexibility index (Phi) is 5.59. The zero-order valence-electron chi connectivity index (χ0n) is 15.6. The molecule has 0 bridgehead atoms. The molecule has 3 rings (SSSR count). The van der Waals surface area contributed by atoms with E-state index in [-0.39, 0.29) is 11.4 Å². The number of amides is 1. The van der Waals surface area contributed by atoms with Crippen LogP contribution in [0, 0.1) is 24.0 Å². The van der Waals surface area contributed by atoms with Gasteiger partial charge in [-0.3, -0.25) is 24.3 Å². The molecule has 28 heavy (non-hydrogen) atoms. The lowest BCUT2D eigenvalue weighted by Crippen LogP contribution is -2.15. The Labute approximate surface area is 169 Å². The number of nitro groups is 1. The number of benzene rings is 1. The third-order valence-corrected chi connectivity index (χ3v) is 5.44. The van der Waals surface area contributed by atoms with E-state index in [1.165, 1.54) is 10.9 Å². The summed E-state index contributed by atoms with van der Waals surface area (Å²) >= 11 is 3.51. The van der Waals surface area contributed by atoms with E-state index in [0.29, 0.717) is 18.8 Å². The highest BCUT2D eigenvalue weighted by atomic mass is 79.9. The third-order valence-electron chi connectivity index (χ3n) is 4.29. The summed E-state index contributed by atoms with van der Waals surface area (Å²) in [5.41, 5.74) is 2.85. The fraction of sp³-hybridized carbons (Fsp3) is 0.278. The lowest BCUT2D eigenvalue weighted by molar-refractivity contribution is -0.385. The van der Waals surface area contributed by atoms with E-state index in [0.717, 1.165) is 21.4 Å². The minimum atomic E-state index is -0.620. The summed E-state index contributed by atoms with van der Waals surface area (Å²) < 4.78 is 4.20. The molecule has 0 fully saturated rings. The summed E-state index contributed by atoms with van der Waals surface area (Å²) in [5.74, 6) is -0.620. The Hall–Kier alpha value is -3.01. The van der Waals surface area contributed by atoms with Crippen molar-refractivity contribution in [3.8, 4) is 0 Å². The molecular weight excluding hydrogens is 428 g/mol. The van der Waals surface area contributed by atoms with Crippen molar-refractivity contribution in [3.63, 3.8) is 0 Å². The Morgan fingerprint density at radius 2 is 2.07 bits per heavy atom. The molecule has 0 aliphatic carbocycles. The first-order valence-corrected chi connectivity index (χ1v) is 9.41. The quantitative estimate of drug-likeness (QED) is 0.458. The minimum Gasteiger partial charge on any atom is -0.320 e. The summed E-state index contributed by atoms with van der Waals surface area (Å²) in [4.78, 5) is 23.1. The fourth-order valence-electron chi connectivity index (χ4n) is 2.81. The van der Waals surface area contributed by atoms with Crippen molar-refractivity contribution < 1.29 is 9.72 Å². The molecule has 0 atom stereocenters. The van der Waals surface area contributed by atoms with Crippen molar-refractivity contribution in [2.24, 2.45) is 0 Å². The third kappa shape index (κ3) is 3.96. The van der Waals surface area contributed by atoms with Crippen LogP contribution in [0.25, 0.3) is 0 Å². The average Bonchev–Trinajstić information content (AvgIpc) is 3.20. The van der Waals surface area contributed by atoms with Crippen molar-refractivity contribution in [1.29, 1.82) is 0 Å². The van der Waals surface area contributed by atoms with Gasteiger partial charge in [0.2, 0.25) is 5.69 Å². The zero-order valence-corrected chi connectivity index (χ0v) is 17.2. The van der Waals surface area contributed by atoms with Gasteiger partial charge in [0, 0.05) is 12.2 Å². The minimum absolute atomic E-state index is 0.209. The van der Waals surface area contributed by atoms with E-state index in [2.05, 4.69) is 31.4 Å². The number of nitrogens with zero attached hydrogens (tertiary/aromatic N) is 5. The number of hydrogen-bond donors (Lipinski definition) is 1. The second-order valence-electron chi connectivity index (χ2n) is 6.27. The number of anilines is 1. The van der Waals surface area contributed by atoms with E-state index in [1.54, 1.807) is 13.0 Å². The summed E-state index contributed by atoms with van der Waals surface area (Å²) in [5, 5.41) is 22.4. The molecule has 0 radical (unpaired) electrons. The van der Waals surface area contributed by atoms with E-state index < -0.39 is 10.8 Å². The Morgan fingerprint density at radius 3 is 2.68 bits per heavy atom. The first-order valence-electron chi connectivity index (χ1n) is 8.61. The fourth-order valence-corrected chi connectivity index (χ4v) is 3.09. The van der Waals surface area contributed by atoms with Crippen LogP contribution in [0.2, 0.25) is 0 Å². The first-order chi connectivity index (χ1) is 13.3. The number of rotatable bonds is 6. The predicted molar refractivity (Wildman–Crippen MR) is 107 cm³/mol. The van der Waals surface area contributed by atoms with Gasteiger partial charge >= 0.3 is 5.69 Å². The molecule has 0 saturated carbocycles. The van der Waals surface area contributed by atoms with Crippen LogP contribution < -0.4 is 5.32 Å². The number of nitrogens with one attached hydrogen (secondary N) is 1.